The molecular formula is C53H103NO5. The van der Waals surface area contributed by atoms with Crippen LogP contribution < -0.4 is 5.32 Å². The number of amides is 1. The molecule has 0 aliphatic rings. The first-order valence-electron chi connectivity index (χ1n) is 26.4. The van der Waals surface area contributed by atoms with E-state index < -0.39 is 12.1 Å². The number of carbonyl (C=O) groups is 2. The Morgan fingerprint density at radius 1 is 0.458 bits per heavy atom. The Labute approximate surface area is 368 Å². The summed E-state index contributed by atoms with van der Waals surface area (Å²) in [6.45, 7) is 4.90. The van der Waals surface area contributed by atoms with Crippen LogP contribution in [0.5, 0.6) is 0 Å². The van der Waals surface area contributed by atoms with Gasteiger partial charge in [0.05, 0.1) is 25.4 Å². The molecule has 0 spiro atoms. The Kier molecular flexibility index (Phi) is 48.1. The van der Waals surface area contributed by atoms with Crippen LogP contribution in [0.3, 0.4) is 0 Å². The molecular weight excluding hydrogens is 731 g/mol. The number of allylic oxidation sites excluding steroid dienone is 2. The van der Waals surface area contributed by atoms with Crippen LogP contribution in [0.25, 0.3) is 0 Å². The molecule has 0 aromatic heterocycles. The van der Waals surface area contributed by atoms with E-state index in [0.29, 0.717) is 25.9 Å². The van der Waals surface area contributed by atoms with Crippen molar-refractivity contribution in [2.45, 2.75) is 302 Å². The van der Waals surface area contributed by atoms with E-state index in [1.54, 1.807) is 0 Å². The van der Waals surface area contributed by atoms with Crippen LogP contribution in [0.1, 0.15) is 290 Å². The number of rotatable bonds is 49. The molecule has 2 atom stereocenters. The van der Waals surface area contributed by atoms with Gasteiger partial charge in [0, 0.05) is 12.8 Å². The zero-order chi connectivity index (χ0) is 43.0. The van der Waals surface area contributed by atoms with Crippen LogP contribution >= 0.6 is 0 Å². The fourth-order valence-electron chi connectivity index (χ4n) is 8.22. The van der Waals surface area contributed by atoms with E-state index in [0.717, 1.165) is 77.0 Å². The van der Waals surface area contributed by atoms with Crippen molar-refractivity contribution >= 4 is 11.9 Å². The summed E-state index contributed by atoms with van der Waals surface area (Å²) in [5.74, 6) is -0.0794. The van der Waals surface area contributed by atoms with Gasteiger partial charge in [0.2, 0.25) is 5.91 Å². The summed E-state index contributed by atoms with van der Waals surface area (Å²) in [6.07, 6.45) is 56.1. The number of aliphatic hydroxyl groups excluding tert-OH is 2. The minimum absolute atomic E-state index is 0.0208. The van der Waals surface area contributed by atoms with E-state index in [1.165, 1.54) is 180 Å². The molecule has 0 aliphatic carbocycles. The molecule has 0 fully saturated rings. The normalized spacial score (nSPS) is 12.7. The van der Waals surface area contributed by atoms with Gasteiger partial charge >= 0.3 is 5.97 Å². The van der Waals surface area contributed by atoms with Crippen molar-refractivity contribution in [2.24, 2.45) is 0 Å². The van der Waals surface area contributed by atoms with Gasteiger partial charge in [-0.05, 0) is 57.8 Å². The lowest BCUT2D eigenvalue weighted by Gasteiger charge is -2.22. The summed E-state index contributed by atoms with van der Waals surface area (Å²) in [6, 6.07) is -0.559. The Bertz CT molecular complexity index is 878. The van der Waals surface area contributed by atoms with E-state index >= 15 is 0 Å². The van der Waals surface area contributed by atoms with Crippen molar-refractivity contribution in [3.63, 3.8) is 0 Å². The van der Waals surface area contributed by atoms with Gasteiger partial charge in [0.1, 0.15) is 0 Å². The average molecular weight is 834 g/mol. The fourth-order valence-corrected chi connectivity index (χ4v) is 8.22. The second-order valence-corrected chi connectivity index (χ2v) is 18.2. The second kappa shape index (κ2) is 49.3. The van der Waals surface area contributed by atoms with Crippen LogP contribution in [0.15, 0.2) is 12.2 Å². The van der Waals surface area contributed by atoms with Gasteiger partial charge in [0.25, 0.3) is 0 Å². The van der Waals surface area contributed by atoms with Crippen LogP contribution in [-0.4, -0.2) is 47.4 Å². The highest BCUT2D eigenvalue weighted by Gasteiger charge is 2.20. The predicted molar refractivity (Wildman–Crippen MR) is 255 cm³/mol. The molecule has 0 bridgehead atoms. The number of hydrogen-bond donors (Lipinski definition) is 3. The third-order valence-electron chi connectivity index (χ3n) is 12.3. The molecule has 0 rings (SSSR count). The largest absolute Gasteiger partial charge is 0.466 e. The van der Waals surface area contributed by atoms with Crippen molar-refractivity contribution in [2.75, 3.05) is 13.2 Å². The highest BCUT2D eigenvalue weighted by atomic mass is 16.5. The third-order valence-corrected chi connectivity index (χ3v) is 12.3. The van der Waals surface area contributed by atoms with Gasteiger partial charge in [-0.2, -0.15) is 0 Å². The standard InChI is InChI=1S/C53H103NO5/c1-3-5-7-9-11-13-15-17-18-19-20-22-25-29-33-37-41-45-51(56)50(49-55)54-52(57)46-42-38-34-30-26-23-24-28-32-36-40-44-48-59-53(58)47-43-39-35-31-27-21-16-14-12-10-8-6-4-2/h24,28,50-51,55-56H,3-23,25-27,29-49H2,1-2H3,(H,54,57)/b28-24-. The summed E-state index contributed by atoms with van der Waals surface area (Å²) in [4.78, 5) is 24.5. The van der Waals surface area contributed by atoms with E-state index in [2.05, 4.69) is 31.3 Å². The minimum Gasteiger partial charge on any atom is -0.466 e. The van der Waals surface area contributed by atoms with E-state index in [1.807, 2.05) is 0 Å². The lowest BCUT2D eigenvalue weighted by atomic mass is 10.0. The SMILES string of the molecule is CCCCCCCCCCCCCCCCCCCC(O)C(CO)NC(=O)CCCCCCC/C=C\CCCCCOC(=O)CCCCCCCCCCCCCCC. The number of hydrogen-bond acceptors (Lipinski definition) is 5. The molecule has 0 aliphatic heterocycles. The summed E-state index contributed by atoms with van der Waals surface area (Å²) in [5, 5.41) is 23.2. The molecule has 350 valence electrons. The molecule has 3 N–H and O–H groups in total. The molecule has 59 heavy (non-hydrogen) atoms. The fraction of sp³-hybridized carbons (Fsp3) is 0.925. The molecule has 0 aromatic rings. The third kappa shape index (κ3) is 45.9. The number of nitrogens with one attached hydrogen (secondary N) is 1. The van der Waals surface area contributed by atoms with Gasteiger partial charge in [-0.25, -0.2) is 0 Å². The lowest BCUT2D eigenvalue weighted by molar-refractivity contribution is -0.143. The molecule has 0 saturated carbocycles. The van der Waals surface area contributed by atoms with Crippen molar-refractivity contribution in [1.82, 2.24) is 5.32 Å². The van der Waals surface area contributed by atoms with Crippen LogP contribution in [0, 0.1) is 0 Å². The molecule has 0 saturated heterocycles. The summed E-state index contributed by atoms with van der Waals surface area (Å²) in [5.41, 5.74) is 0. The average Bonchev–Trinajstić information content (AvgIpc) is 3.24. The quantitative estimate of drug-likeness (QED) is 0.0322. The maximum Gasteiger partial charge on any atom is 0.305 e. The summed E-state index contributed by atoms with van der Waals surface area (Å²) < 4.78 is 5.44. The maximum atomic E-state index is 12.5. The van der Waals surface area contributed by atoms with Gasteiger partial charge in [0.15, 0.2) is 0 Å². The van der Waals surface area contributed by atoms with Crippen molar-refractivity contribution in [3.8, 4) is 0 Å². The molecule has 0 radical (unpaired) electrons. The Balaban J connectivity index is 3.50. The van der Waals surface area contributed by atoms with E-state index in [4.69, 9.17) is 4.74 Å². The Morgan fingerprint density at radius 2 is 0.797 bits per heavy atom. The van der Waals surface area contributed by atoms with Crippen molar-refractivity contribution in [1.29, 1.82) is 0 Å². The van der Waals surface area contributed by atoms with E-state index in [-0.39, 0.29) is 18.5 Å². The zero-order valence-electron chi connectivity index (χ0n) is 39.7. The van der Waals surface area contributed by atoms with Gasteiger partial charge < -0.3 is 20.3 Å². The Hall–Kier alpha value is -1.40. The van der Waals surface area contributed by atoms with Gasteiger partial charge in [-0.3, -0.25) is 9.59 Å². The molecule has 6 nitrogen and oxygen atoms in total. The van der Waals surface area contributed by atoms with Crippen molar-refractivity contribution < 1.29 is 24.5 Å². The minimum atomic E-state index is -0.679. The van der Waals surface area contributed by atoms with Crippen LogP contribution in [-0.2, 0) is 14.3 Å². The summed E-state index contributed by atoms with van der Waals surface area (Å²) >= 11 is 0. The highest BCUT2D eigenvalue weighted by Crippen LogP contribution is 2.17. The number of aliphatic hydroxyl groups is 2. The molecule has 6 heteroatoms. The Morgan fingerprint density at radius 3 is 1.20 bits per heavy atom. The first-order chi connectivity index (χ1) is 29.0. The molecule has 0 heterocycles. The predicted octanol–water partition coefficient (Wildman–Crippen LogP) is 15.7. The number of ether oxygens (including phenoxy) is 1. The first kappa shape index (κ1) is 57.6. The van der Waals surface area contributed by atoms with Gasteiger partial charge in [-0.15, -0.1) is 0 Å². The monoisotopic (exact) mass is 834 g/mol. The van der Waals surface area contributed by atoms with E-state index in [9.17, 15) is 19.8 Å². The molecule has 2 unspecified atom stereocenters. The number of esters is 1. The molecule has 0 aromatic carbocycles. The number of carbonyl (C=O) groups excluding carboxylic acids is 2. The number of unbranched alkanes of at least 4 members (excludes halogenated alkanes) is 36. The van der Waals surface area contributed by atoms with Gasteiger partial charge in [-0.1, -0.05) is 231 Å². The first-order valence-corrected chi connectivity index (χ1v) is 26.4. The summed E-state index contributed by atoms with van der Waals surface area (Å²) in [7, 11) is 0. The zero-order valence-corrected chi connectivity index (χ0v) is 39.7. The van der Waals surface area contributed by atoms with Crippen LogP contribution in [0.2, 0.25) is 0 Å². The molecule has 1 amide bonds. The topological polar surface area (TPSA) is 95.9 Å². The van der Waals surface area contributed by atoms with Crippen molar-refractivity contribution in [3.05, 3.63) is 12.2 Å². The maximum absolute atomic E-state index is 12.5. The second-order valence-electron chi connectivity index (χ2n) is 18.2. The highest BCUT2D eigenvalue weighted by molar-refractivity contribution is 5.76. The van der Waals surface area contributed by atoms with Crippen LogP contribution in [0.4, 0.5) is 0 Å². The lowest BCUT2D eigenvalue weighted by Crippen LogP contribution is -2.45. The smallest absolute Gasteiger partial charge is 0.305 e.